The molecule has 0 unspecified atom stereocenters. The van der Waals surface area contributed by atoms with Crippen LogP contribution >= 0.6 is 15.9 Å². The van der Waals surface area contributed by atoms with Gasteiger partial charge in [0.2, 0.25) is 5.91 Å². The summed E-state index contributed by atoms with van der Waals surface area (Å²) in [6, 6.07) is 10.8. The van der Waals surface area contributed by atoms with Crippen LogP contribution < -0.4 is 19.5 Å². The molecule has 2 aromatic carbocycles. The Bertz CT molecular complexity index is 703. The van der Waals surface area contributed by atoms with Gasteiger partial charge in [0, 0.05) is 4.47 Å². The molecule has 1 amide bonds. The molecule has 2 rings (SSSR count). The second kappa shape index (κ2) is 7.87. The van der Waals surface area contributed by atoms with Crippen molar-refractivity contribution in [1.82, 2.24) is 0 Å². The average Bonchev–Trinajstić information content (AvgIpc) is 2.54. The maximum atomic E-state index is 12.3. The number of benzene rings is 2. The van der Waals surface area contributed by atoms with E-state index in [9.17, 15) is 4.79 Å². The van der Waals surface area contributed by atoms with Gasteiger partial charge in [-0.25, -0.2) is 0 Å². The Kier molecular flexibility index (Phi) is 5.87. The van der Waals surface area contributed by atoms with Crippen molar-refractivity contribution >= 4 is 27.5 Å². The van der Waals surface area contributed by atoms with E-state index in [4.69, 9.17) is 14.2 Å². The number of carbonyl (C=O) groups excluding carboxylic acids is 1. The van der Waals surface area contributed by atoms with E-state index in [1.165, 1.54) is 0 Å². The Morgan fingerprint density at radius 1 is 0.957 bits per heavy atom. The lowest BCUT2D eigenvalue weighted by Crippen LogP contribution is -2.15. The van der Waals surface area contributed by atoms with E-state index in [0.29, 0.717) is 22.9 Å². The Morgan fingerprint density at radius 3 is 2.26 bits per heavy atom. The number of anilines is 1. The van der Waals surface area contributed by atoms with E-state index in [-0.39, 0.29) is 12.3 Å². The number of amides is 1. The maximum Gasteiger partial charge on any atom is 0.228 e. The van der Waals surface area contributed by atoms with Gasteiger partial charge in [-0.3, -0.25) is 4.79 Å². The van der Waals surface area contributed by atoms with Gasteiger partial charge in [-0.2, -0.15) is 0 Å². The summed E-state index contributed by atoms with van der Waals surface area (Å²) in [5.41, 5.74) is 1.45. The fraction of sp³-hybridized carbons (Fsp3) is 0.235. The van der Waals surface area contributed by atoms with Crippen molar-refractivity contribution in [3.8, 4) is 17.2 Å². The summed E-state index contributed by atoms with van der Waals surface area (Å²) in [5, 5.41) is 2.85. The first-order valence-corrected chi connectivity index (χ1v) is 7.71. The van der Waals surface area contributed by atoms with Crippen LogP contribution in [0, 0.1) is 0 Å². The maximum absolute atomic E-state index is 12.3. The zero-order chi connectivity index (χ0) is 16.8. The highest BCUT2D eigenvalue weighted by molar-refractivity contribution is 9.10. The van der Waals surface area contributed by atoms with Crippen LogP contribution in [0.15, 0.2) is 40.9 Å². The zero-order valence-corrected chi connectivity index (χ0v) is 14.8. The molecule has 0 aliphatic rings. The standard InChI is InChI=1S/C17H18BrNO4/c1-21-14-7-5-12(18)10-13(14)19-17(20)9-11-4-6-15(22-2)16(8-11)23-3/h4-8,10H,9H2,1-3H3,(H,19,20). The monoisotopic (exact) mass is 379 g/mol. The van der Waals surface area contributed by atoms with Gasteiger partial charge in [0.05, 0.1) is 33.4 Å². The first kappa shape index (κ1) is 17.1. The third-order valence-electron chi connectivity index (χ3n) is 3.25. The predicted molar refractivity (Wildman–Crippen MR) is 92.6 cm³/mol. The van der Waals surface area contributed by atoms with Crippen LogP contribution in [0.5, 0.6) is 17.2 Å². The molecule has 0 saturated heterocycles. The molecule has 0 aliphatic heterocycles. The van der Waals surface area contributed by atoms with Gasteiger partial charge in [0.25, 0.3) is 0 Å². The third-order valence-corrected chi connectivity index (χ3v) is 3.74. The zero-order valence-electron chi connectivity index (χ0n) is 13.2. The smallest absolute Gasteiger partial charge is 0.228 e. The molecule has 0 atom stereocenters. The van der Waals surface area contributed by atoms with Gasteiger partial charge >= 0.3 is 0 Å². The fourth-order valence-electron chi connectivity index (χ4n) is 2.15. The molecule has 0 aromatic heterocycles. The van der Waals surface area contributed by atoms with Crippen molar-refractivity contribution in [2.45, 2.75) is 6.42 Å². The minimum Gasteiger partial charge on any atom is -0.495 e. The summed E-state index contributed by atoms with van der Waals surface area (Å²) >= 11 is 3.38. The first-order chi connectivity index (χ1) is 11.1. The molecule has 0 fully saturated rings. The normalized spacial score (nSPS) is 10.1. The Balaban J connectivity index is 2.12. The highest BCUT2D eigenvalue weighted by atomic mass is 79.9. The summed E-state index contributed by atoms with van der Waals surface area (Å²) in [4.78, 5) is 12.3. The quantitative estimate of drug-likeness (QED) is 0.831. The summed E-state index contributed by atoms with van der Waals surface area (Å²) in [6.07, 6.45) is 0.218. The van der Waals surface area contributed by atoms with Crippen molar-refractivity contribution in [2.75, 3.05) is 26.6 Å². The van der Waals surface area contributed by atoms with Gasteiger partial charge < -0.3 is 19.5 Å². The number of ether oxygens (including phenoxy) is 3. The lowest BCUT2D eigenvalue weighted by atomic mass is 10.1. The summed E-state index contributed by atoms with van der Waals surface area (Å²) < 4.78 is 16.5. The Morgan fingerprint density at radius 2 is 1.61 bits per heavy atom. The molecule has 0 bridgehead atoms. The molecule has 0 spiro atoms. The number of hydrogen-bond acceptors (Lipinski definition) is 4. The largest absolute Gasteiger partial charge is 0.495 e. The van der Waals surface area contributed by atoms with Crippen molar-refractivity contribution in [2.24, 2.45) is 0 Å². The Labute approximate surface area is 143 Å². The molecular weight excluding hydrogens is 362 g/mol. The van der Waals surface area contributed by atoms with E-state index in [0.717, 1.165) is 10.0 Å². The molecule has 2 aromatic rings. The second-order valence-corrected chi connectivity index (χ2v) is 5.67. The van der Waals surface area contributed by atoms with E-state index < -0.39 is 0 Å². The molecule has 6 heteroatoms. The van der Waals surface area contributed by atoms with Gasteiger partial charge in [-0.05, 0) is 35.9 Å². The molecule has 0 saturated carbocycles. The molecule has 122 valence electrons. The lowest BCUT2D eigenvalue weighted by molar-refractivity contribution is -0.115. The molecule has 0 heterocycles. The van der Waals surface area contributed by atoms with Crippen molar-refractivity contribution in [3.05, 3.63) is 46.4 Å². The van der Waals surface area contributed by atoms with Crippen LogP contribution in [0.25, 0.3) is 0 Å². The molecule has 0 radical (unpaired) electrons. The van der Waals surface area contributed by atoms with Gasteiger partial charge in [-0.1, -0.05) is 22.0 Å². The molecule has 1 N–H and O–H groups in total. The number of halogens is 1. The van der Waals surface area contributed by atoms with Crippen LogP contribution in [-0.2, 0) is 11.2 Å². The average molecular weight is 380 g/mol. The van der Waals surface area contributed by atoms with Crippen LogP contribution in [-0.4, -0.2) is 27.2 Å². The number of methoxy groups -OCH3 is 3. The SMILES string of the molecule is COc1ccc(Br)cc1NC(=O)Cc1ccc(OC)c(OC)c1. The predicted octanol–water partition coefficient (Wildman–Crippen LogP) is 3.66. The topological polar surface area (TPSA) is 56.8 Å². The van der Waals surface area contributed by atoms with Crippen molar-refractivity contribution in [3.63, 3.8) is 0 Å². The first-order valence-electron chi connectivity index (χ1n) is 6.91. The highest BCUT2D eigenvalue weighted by Crippen LogP contribution is 2.29. The molecular formula is C17H18BrNO4. The number of nitrogens with one attached hydrogen (secondary N) is 1. The fourth-order valence-corrected chi connectivity index (χ4v) is 2.51. The van der Waals surface area contributed by atoms with Crippen LogP contribution in [0.1, 0.15) is 5.56 Å². The van der Waals surface area contributed by atoms with Crippen molar-refractivity contribution < 1.29 is 19.0 Å². The van der Waals surface area contributed by atoms with Gasteiger partial charge in [-0.15, -0.1) is 0 Å². The van der Waals surface area contributed by atoms with Crippen LogP contribution in [0.3, 0.4) is 0 Å². The van der Waals surface area contributed by atoms with Gasteiger partial charge in [0.15, 0.2) is 11.5 Å². The molecule has 23 heavy (non-hydrogen) atoms. The van der Waals surface area contributed by atoms with E-state index in [1.54, 1.807) is 45.6 Å². The Hall–Kier alpha value is -2.21. The third kappa shape index (κ3) is 4.39. The molecule has 0 aliphatic carbocycles. The summed E-state index contributed by atoms with van der Waals surface area (Å²) in [6.45, 7) is 0. The van der Waals surface area contributed by atoms with E-state index >= 15 is 0 Å². The van der Waals surface area contributed by atoms with E-state index in [2.05, 4.69) is 21.2 Å². The van der Waals surface area contributed by atoms with Crippen LogP contribution in [0.2, 0.25) is 0 Å². The highest BCUT2D eigenvalue weighted by Gasteiger charge is 2.11. The molecule has 5 nitrogen and oxygen atoms in total. The number of rotatable bonds is 6. The number of carbonyl (C=O) groups is 1. The van der Waals surface area contributed by atoms with Gasteiger partial charge in [0.1, 0.15) is 5.75 Å². The lowest BCUT2D eigenvalue weighted by Gasteiger charge is -2.12. The second-order valence-electron chi connectivity index (χ2n) is 4.76. The summed E-state index contributed by atoms with van der Waals surface area (Å²) in [5.74, 6) is 1.69. The minimum absolute atomic E-state index is 0.145. The number of hydrogen-bond donors (Lipinski definition) is 1. The minimum atomic E-state index is -0.145. The van der Waals surface area contributed by atoms with Crippen molar-refractivity contribution in [1.29, 1.82) is 0 Å². The summed E-state index contributed by atoms with van der Waals surface area (Å²) in [7, 11) is 4.70. The van der Waals surface area contributed by atoms with Crippen LogP contribution in [0.4, 0.5) is 5.69 Å². The van der Waals surface area contributed by atoms with E-state index in [1.807, 2.05) is 12.1 Å².